The number of amides is 2. The predicted molar refractivity (Wildman–Crippen MR) is 112 cm³/mol. The Kier molecular flexibility index (Phi) is 11.2. The molecule has 0 rings (SSSR count). The van der Waals surface area contributed by atoms with Gasteiger partial charge in [-0.05, 0) is 38.8 Å². The molecule has 6 heteroatoms. The molecule has 0 bridgehead atoms. The van der Waals surface area contributed by atoms with Gasteiger partial charge in [0, 0.05) is 14.2 Å². The molecule has 1 N–H and O–H groups in total. The summed E-state index contributed by atoms with van der Waals surface area (Å²) in [4.78, 5) is 29.9. The summed E-state index contributed by atoms with van der Waals surface area (Å²) >= 11 is 0. The number of methoxy groups -OCH3 is 1. The fourth-order valence-electron chi connectivity index (χ4n) is 3.79. The lowest BCUT2D eigenvalue weighted by atomic mass is 9.92. The van der Waals surface area contributed by atoms with Crippen molar-refractivity contribution in [2.45, 2.75) is 79.1 Å². The summed E-state index contributed by atoms with van der Waals surface area (Å²) in [5, 5.41) is 3.02. The van der Waals surface area contributed by atoms with Crippen molar-refractivity contribution in [3.8, 4) is 0 Å². The van der Waals surface area contributed by atoms with Crippen LogP contribution in [0.15, 0.2) is 0 Å². The number of carbonyl (C=O) groups is 2. The van der Waals surface area contributed by atoms with Crippen LogP contribution in [-0.2, 0) is 14.3 Å². The molecular weight excluding hydrogens is 342 g/mol. The number of ether oxygens (including phenoxy) is 1. The predicted octanol–water partition coefficient (Wildman–Crippen LogP) is 2.62. The van der Waals surface area contributed by atoms with Crippen LogP contribution in [0.2, 0.25) is 0 Å². The van der Waals surface area contributed by atoms with Gasteiger partial charge in [-0.15, -0.1) is 0 Å². The molecular formula is C21H43N3O3. The van der Waals surface area contributed by atoms with Crippen LogP contribution < -0.4 is 5.32 Å². The highest BCUT2D eigenvalue weighted by molar-refractivity contribution is 5.90. The van der Waals surface area contributed by atoms with Gasteiger partial charge in [-0.3, -0.25) is 14.5 Å². The molecule has 0 saturated heterocycles. The van der Waals surface area contributed by atoms with Gasteiger partial charge in [0.25, 0.3) is 0 Å². The maximum atomic E-state index is 13.3. The first-order valence-electron chi connectivity index (χ1n) is 10.2. The SMILES string of the molecule is CC[C@H](C)[C@@H]([C@@H](C)OC)N(C)C(=O)[C@@H](NC(=O)[C@H](C(C)C)N(C)C)C(C)C. The van der Waals surface area contributed by atoms with Crippen LogP contribution in [0, 0.1) is 17.8 Å². The third-order valence-corrected chi connectivity index (χ3v) is 5.56. The number of nitrogens with one attached hydrogen (secondary N) is 1. The zero-order valence-corrected chi connectivity index (χ0v) is 19.4. The van der Waals surface area contributed by atoms with E-state index < -0.39 is 6.04 Å². The Balaban J connectivity index is 5.56. The van der Waals surface area contributed by atoms with Crippen molar-refractivity contribution in [2.75, 3.05) is 28.3 Å². The minimum absolute atomic E-state index is 0.00527. The average molecular weight is 386 g/mol. The van der Waals surface area contributed by atoms with Gasteiger partial charge < -0.3 is 15.0 Å². The van der Waals surface area contributed by atoms with Gasteiger partial charge in [0.2, 0.25) is 11.8 Å². The Morgan fingerprint density at radius 1 is 0.963 bits per heavy atom. The van der Waals surface area contributed by atoms with E-state index in [-0.39, 0.29) is 41.8 Å². The monoisotopic (exact) mass is 385 g/mol. The number of hydrogen-bond acceptors (Lipinski definition) is 4. The van der Waals surface area contributed by atoms with E-state index in [9.17, 15) is 9.59 Å². The highest BCUT2D eigenvalue weighted by Crippen LogP contribution is 2.21. The highest BCUT2D eigenvalue weighted by Gasteiger charge is 2.36. The zero-order chi connectivity index (χ0) is 21.5. The van der Waals surface area contributed by atoms with Gasteiger partial charge in [-0.25, -0.2) is 0 Å². The zero-order valence-electron chi connectivity index (χ0n) is 19.4. The van der Waals surface area contributed by atoms with Gasteiger partial charge in [0.1, 0.15) is 6.04 Å². The molecule has 0 aromatic heterocycles. The lowest BCUT2D eigenvalue weighted by Crippen LogP contribution is -2.59. The van der Waals surface area contributed by atoms with Gasteiger partial charge in [-0.2, -0.15) is 0 Å². The van der Waals surface area contributed by atoms with Crippen LogP contribution in [0.25, 0.3) is 0 Å². The Morgan fingerprint density at radius 2 is 1.48 bits per heavy atom. The Bertz CT molecular complexity index is 448. The third kappa shape index (κ3) is 7.07. The Labute approximate surface area is 167 Å². The fourth-order valence-corrected chi connectivity index (χ4v) is 3.79. The van der Waals surface area contributed by atoms with Crippen LogP contribution >= 0.6 is 0 Å². The van der Waals surface area contributed by atoms with E-state index in [4.69, 9.17) is 4.74 Å². The highest BCUT2D eigenvalue weighted by atomic mass is 16.5. The average Bonchev–Trinajstić information content (AvgIpc) is 2.57. The van der Waals surface area contributed by atoms with Crippen molar-refractivity contribution in [2.24, 2.45) is 17.8 Å². The first-order chi connectivity index (χ1) is 12.4. The molecule has 5 atom stereocenters. The van der Waals surface area contributed by atoms with E-state index in [1.54, 1.807) is 12.0 Å². The smallest absolute Gasteiger partial charge is 0.245 e. The van der Waals surface area contributed by atoms with Crippen LogP contribution in [0.3, 0.4) is 0 Å². The van der Waals surface area contributed by atoms with E-state index in [1.807, 2.05) is 60.7 Å². The van der Waals surface area contributed by atoms with Gasteiger partial charge in [-0.1, -0.05) is 48.0 Å². The van der Waals surface area contributed by atoms with Crippen molar-refractivity contribution in [1.29, 1.82) is 0 Å². The normalized spacial score (nSPS) is 17.6. The van der Waals surface area contributed by atoms with E-state index in [0.29, 0.717) is 5.92 Å². The van der Waals surface area contributed by atoms with Crippen molar-refractivity contribution >= 4 is 11.8 Å². The number of nitrogens with zero attached hydrogens (tertiary/aromatic N) is 2. The van der Waals surface area contributed by atoms with Gasteiger partial charge in [0.15, 0.2) is 0 Å². The molecule has 6 nitrogen and oxygen atoms in total. The minimum atomic E-state index is -0.556. The van der Waals surface area contributed by atoms with Crippen LogP contribution in [-0.4, -0.2) is 74.1 Å². The number of carbonyl (C=O) groups excluding carboxylic acids is 2. The van der Waals surface area contributed by atoms with Crippen molar-refractivity contribution < 1.29 is 14.3 Å². The number of likely N-dealkylation sites (N-methyl/N-ethyl adjacent to an activating group) is 2. The second kappa shape index (κ2) is 11.6. The fraction of sp³-hybridized carbons (Fsp3) is 0.905. The first-order valence-corrected chi connectivity index (χ1v) is 10.2. The largest absolute Gasteiger partial charge is 0.380 e. The summed E-state index contributed by atoms with van der Waals surface area (Å²) in [6, 6.07) is -0.868. The second-order valence-corrected chi connectivity index (χ2v) is 8.65. The van der Waals surface area contributed by atoms with Crippen molar-refractivity contribution in [1.82, 2.24) is 15.1 Å². The quantitative estimate of drug-likeness (QED) is 0.594. The third-order valence-electron chi connectivity index (χ3n) is 5.56. The summed E-state index contributed by atoms with van der Waals surface area (Å²) in [5.41, 5.74) is 0. The van der Waals surface area contributed by atoms with Crippen LogP contribution in [0.1, 0.15) is 54.9 Å². The summed E-state index contributed by atoms with van der Waals surface area (Å²) < 4.78 is 5.54. The topological polar surface area (TPSA) is 61.9 Å². The van der Waals surface area contributed by atoms with Crippen molar-refractivity contribution in [3.63, 3.8) is 0 Å². The summed E-state index contributed by atoms with van der Waals surface area (Å²) in [6.07, 6.45) is 0.868. The first kappa shape index (κ1) is 25.9. The molecule has 0 aliphatic rings. The number of hydrogen-bond donors (Lipinski definition) is 1. The molecule has 0 aliphatic carbocycles. The Morgan fingerprint density at radius 3 is 1.81 bits per heavy atom. The summed E-state index contributed by atoms with van der Waals surface area (Å²) in [7, 11) is 7.27. The van der Waals surface area contributed by atoms with Crippen LogP contribution in [0.5, 0.6) is 0 Å². The van der Waals surface area contributed by atoms with E-state index in [2.05, 4.69) is 19.2 Å². The molecule has 27 heavy (non-hydrogen) atoms. The molecule has 0 radical (unpaired) electrons. The Hall–Kier alpha value is -1.14. The minimum Gasteiger partial charge on any atom is -0.380 e. The molecule has 0 saturated carbocycles. The van der Waals surface area contributed by atoms with Gasteiger partial charge >= 0.3 is 0 Å². The van der Waals surface area contributed by atoms with E-state index in [1.165, 1.54) is 0 Å². The lowest BCUT2D eigenvalue weighted by molar-refractivity contribution is -0.143. The molecule has 0 unspecified atom stereocenters. The molecule has 0 fully saturated rings. The summed E-state index contributed by atoms with van der Waals surface area (Å²) in [6.45, 7) is 14.2. The van der Waals surface area contributed by atoms with E-state index in [0.717, 1.165) is 6.42 Å². The maximum Gasteiger partial charge on any atom is 0.245 e. The molecule has 0 aromatic carbocycles. The molecule has 0 aliphatic heterocycles. The lowest BCUT2D eigenvalue weighted by Gasteiger charge is -2.39. The van der Waals surface area contributed by atoms with Crippen LogP contribution in [0.4, 0.5) is 0 Å². The van der Waals surface area contributed by atoms with Crippen molar-refractivity contribution in [3.05, 3.63) is 0 Å². The maximum absolute atomic E-state index is 13.3. The molecule has 0 aromatic rings. The standard InChI is InChI=1S/C21H43N3O3/c1-12-15(6)19(16(7)27-11)24(10)21(26)17(13(2)3)22-20(25)18(14(4)5)23(8)9/h13-19H,12H2,1-11H3,(H,22,25)/t15-,16+,17-,18-,19-/m0/s1. The number of rotatable bonds is 11. The summed E-state index contributed by atoms with van der Waals surface area (Å²) in [5.74, 6) is 0.281. The van der Waals surface area contributed by atoms with E-state index >= 15 is 0 Å². The van der Waals surface area contributed by atoms with Gasteiger partial charge in [0.05, 0.1) is 18.2 Å². The second-order valence-electron chi connectivity index (χ2n) is 8.65. The molecule has 0 heterocycles. The molecule has 2 amide bonds. The molecule has 0 spiro atoms. The molecule has 160 valence electrons.